The molecule has 0 aromatic heterocycles. The van der Waals surface area contributed by atoms with Gasteiger partial charge in [-0.1, -0.05) is 44.9 Å². The van der Waals surface area contributed by atoms with Gasteiger partial charge in [0.2, 0.25) is 0 Å². The fourth-order valence-corrected chi connectivity index (χ4v) is 2.19. The summed E-state index contributed by atoms with van der Waals surface area (Å²) < 4.78 is 0. The van der Waals surface area contributed by atoms with E-state index in [1.54, 1.807) is 0 Å². The van der Waals surface area contributed by atoms with Crippen molar-refractivity contribution in [2.24, 2.45) is 0 Å². The van der Waals surface area contributed by atoms with Crippen molar-refractivity contribution in [2.75, 3.05) is 19.4 Å². The van der Waals surface area contributed by atoms with Crippen LogP contribution in [0.3, 0.4) is 0 Å². The van der Waals surface area contributed by atoms with Gasteiger partial charge in [0.05, 0.1) is 0 Å². The Morgan fingerprint density at radius 1 is 1.17 bits per heavy atom. The molecule has 1 atom stereocenters. The Labute approximate surface area is 112 Å². The first kappa shape index (κ1) is 15.0. The van der Waals surface area contributed by atoms with Crippen molar-refractivity contribution >= 4 is 5.69 Å². The predicted molar refractivity (Wildman–Crippen MR) is 81.1 cm³/mol. The highest BCUT2D eigenvalue weighted by atomic mass is 15.1. The summed E-state index contributed by atoms with van der Waals surface area (Å²) in [5.74, 6) is 0. The molecule has 0 bridgehead atoms. The summed E-state index contributed by atoms with van der Waals surface area (Å²) in [7, 11) is 4.23. The van der Waals surface area contributed by atoms with Gasteiger partial charge >= 0.3 is 0 Å². The van der Waals surface area contributed by atoms with Crippen LogP contribution in [0.1, 0.15) is 45.1 Å². The third-order valence-corrected chi connectivity index (χ3v) is 3.26. The Balaban J connectivity index is 2.69. The van der Waals surface area contributed by atoms with Gasteiger partial charge in [-0.25, -0.2) is 0 Å². The maximum Gasteiger partial charge on any atom is 0.0388 e. The molecule has 0 heterocycles. The predicted octanol–water partition coefficient (Wildman–Crippen LogP) is 4.13. The first-order chi connectivity index (χ1) is 8.67. The molecule has 0 saturated carbocycles. The van der Waals surface area contributed by atoms with Crippen LogP contribution >= 0.6 is 0 Å². The van der Waals surface area contributed by atoms with Crippen molar-refractivity contribution in [1.29, 1.82) is 0 Å². The van der Waals surface area contributed by atoms with Crippen molar-refractivity contribution < 1.29 is 0 Å². The molecule has 0 amide bonds. The van der Waals surface area contributed by atoms with Gasteiger partial charge in [-0.15, -0.1) is 0 Å². The molecule has 1 rings (SSSR count). The average molecular weight is 248 g/mol. The van der Waals surface area contributed by atoms with Gasteiger partial charge in [-0.3, -0.25) is 0 Å². The minimum atomic E-state index is 0.605. The first-order valence-electron chi connectivity index (χ1n) is 7.16. The Kier molecular flexibility index (Phi) is 6.81. The lowest BCUT2D eigenvalue weighted by Crippen LogP contribution is -2.20. The van der Waals surface area contributed by atoms with Gasteiger partial charge in [0.15, 0.2) is 0 Å². The van der Waals surface area contributed by atoms with Gasteiger partial charge in [0.25, 0.3) is 0 Å². The molecule has 0 saturated heterocycles. The van der Waals surface area contributed by atoms with E-state index < -0.39 is 0 Å². The van der Waals surface area contributed by atoms with Crippen LogP contribution in [0.15, 0.2) is 24.3 Å². The van der Waals surface area contributed by atoms with Gasteiger partial charge in [-0.05, 0) is 38.6 Å². The monoisotopic (exact) mass is 248 g/mol. The maximum absolute atomic E-state index is 3.71. The zero-order valence-corrected chi connectivity index (χ0v) is 12.4. The van der Waals surface area contributed by atoms with Crippen LogP contribution in [0.25, 0.3) is 0 Å². The van der Waals surface area contributed by atoms with Crippen molar-refractivity contribution in [3.63, 3.8) is 0 Å². The standard InChI is InChI=1S/C16H28N2/c1-5-7-11-15(6-2)17-16-12-9-8-10-14(16)13-18(3)4/h8-10,12,15,17H,5-7,11,13H2,1-4H3. The van der Waals surface area contributed by atoms with E-state index in [1.807, 2.05) is 0 Å². The molecular formula is C16H28N2. The highest BCUT2D eigenvalue weighted by molar-refractivity contribution is 5.51. The van der Waals surface area contributed by atoms with Crippen LogP contribution in [0, 0.1) is 0 Å². The lowest BCUT2D eigenvalue weighted by molar-refractivity contribution is 0.403. The van der Waals surface area contributed by atoms with Crippen molar-refractivity contribution in [1.82, 2.24) is 4.90 Å². The molecule has 1 unspecified atom stereocenters. The lowest BCUT2D eigenvalue weighted by Gasteiger charge is -2.21. The van der Waals surface area contributed by atoms with Crippen molar-refractivity contribution in [3.05, 3.63) is 29.8 Å². The maximum atomic E-state index is 3.71. The van der Waals surface area contributed by atoms with E-state index >= 15 is 0 Å². The Bertz CT molecular complexity index is 334. The molecule has 0 spiro atoms. The molecule has 1 N–H and O–H groups in total. The average Bonchev–Trinajstić information content (AvgIpc) is 2.35. The summed E-state index contributed by atoms with van der Waals surface area (Å²) in [6.07, 6.45) is 5.04. The summed E-state index contributed by atoms with van der Waals surface area (Å²) >= 11 is 0. The Hall–Kier alpha value is -1.02. The van der Waals surface area contributed by atoms with Gasteiger partial charge < -0.3 is 10.2 Å². The van der Waals surface area contributed by atoms with E-state index in [-0.39, 0.29) is 0 Å². The zero-order valence-electron chi connectivity index (χ0n) is 12.4. The number of hydrogen-bond acceptors (Lipinski definition) is 2. The first-order valence-corrected chi connectivity index (χ1v) is 7.16. The number of benzene rings is 1. The molecule has 1 aromatic carbocycles. The second-order valence-electron chi connectivity index (χ2n) is 5.29. The minimum Gasteiger partial charge on any atom is -0.382 e. The van der Waals surface area contributed by atoms with Crippen LogP contribution < -0.4 is 5.32 Å². The number of nitrogens with zero attached hydrogens (tertiary/aromatic N) is 1. The smallest absolute Gasteiger partial charge is 0.0388 e. The van der Waals surface area contributed by atoms with Gasteiger partial charge in [0.1, 0.15) is 0 Å². The van der Waals surface area contributed by atoms with E-state index in [2.05, 4.69) is 62.4 Å². The summed E-state index contributed by atoms with van der Waals surface area (Å²) in [6.45, 7) is 5.52. The van der Waals surface area contributed by atoms with Crippen LogP contribution in [-0.4, -0.2) is 25.0 Å². The lowest BCUT2D eigenvalue weighted by atomic mass is 10.1. The van der Waals surface area contributed by atoms with Crippen LogP contribution in [-0.2, 0) is 6.54 Å². The summed E-state index contributed by atoms with van der Waals surface area (Å²) in [5, 5.41) is 3.71. The van der Waals surface area contributed by atoms with Crippen molar-refractivity contribution in [2.45, 2.75) is 52.1 Å². The molecule has 2 nitrogen and oxygen atoms in total. The fourth-order valence-electron chi connectivity index (χ4n) is 2.19. The van der Waals surface area contributed by atoms with E-state index in [4.69, 9.17) is 0 Å². The molecule has 2 heteroatoms. The Morgan fingerprint density at radius 2 is 1.89 bits per heavy atom. The zero-order chi connectivity index (χ0) is 13.4. The minimum absolute atomic E-state index is 0.605. The third-order valence-electron chi connectivity index (χ3n) is 3.26. The highest BCUT2D eigenvalue weighted by Crippen LogP contribution is 2.19. The molecule has 18 heavy (non-hydrogen) atoms. The number of unbranched alkanes of at least 4 members (excludes halogenated alkanes) is 1. The van der Waals surface area contributed by atoms with Crippen LogP contribution in [0.2, 0.25) is 0 Å². The van der Waals surface area contributed by atoms with Gasteiger partial charge in [0, 0.05) is 18.3 Å². The second-order valence-corrected chi connectivity index (χ2v) is 5.29. The number of para-hydroxylation sites is 1. The molecule has 1 aromatic rings. The van der Waals surface area contributed by atoms with E-state index in [9.17, 15) is 0 Å². The summed E-state index contributed by atoms with van der Waals surface area (Å²) in [6, 6.07) is 9.26. The number of nitrogens with one attached hydrogen (secondary N) is 1. The molecular weight excluding hydrogens is 220 g/mol. The number of anilines is 1. The van der Waals surface area contributed by atoms with Crippen LogP contribution in [0.4, 0.5) is 5.69 Å². The van der Waals surface area contributed by atoms with E-state index in [1.165, 1.54) is 36.9 Å². The fraction of sp³-hybridized carbons (Fsp3) is 0.625. The Morgan fingerprint density at radius 3 is 2.50 bits per heavy atom. The van der Waals surface area contributed by atoms with Gasteiger partial charge in [-0.2, -0.15) is 0 Å². The largest absolute Gasteiger partial charge is 0.382 e. The second kappa shape index (κ2) is 8.15. The quantitative estimate of drug-likeness (QED) is 0.744. The molecule has 0 radical (unpaired) electrons. The molecule has 0 aliphatic heterocycles. The SMILES string of the molecule is CCCCC(CC)Nc1ccccc1CN(C)C. The molecule has 0 aliphatic rings. The highest BCUT2D eigenvalue weighted by Gasteiger charge is 2.08. The summed E-state index contributed by atoms with van der Waals surface area (Å²) in [4.78, 5) is 2.22. The van der Waals surface area contributed by atoms with E-state index in [0.29, 0.717) is 6.04 Å². The topological polar surface area (TPSA) is 15.3 Å². The molecule has 0 aliphatic carbocycles. The third kappa shape index (κ3) is 5.09. The van der Waals surface area contributed by atoms with Crippen molar-refractivity contribution in [3.8, 4) is 0 Å². The van der Waals surface area contributed by atoms with Crippen LogP contribution in [0.5, 0.6) is 0 Å². The molecule has 0 fully saturated rings. The van der Waals surface area contributed by atoms with E-state index in [0.717, 1.165) is 6.54 Å². The number of hydrogen-bond donors (Lipinski definition) is 1. The normalized spacial score (nSPS) is 12.7. The molecule has 102 valence electrons. The summed E-state index contributed by atoms with van der Waals surface area (Å²) in [5.41, 5.74) is 2.69. The number of rotatable bonds is 8.